The van der Waals surface area contributed by atoms with Gasteiger partial charge in [-0.05, 0) is 39.8 Å². The Morgan fingerprint density at radius 2 is 1.95 bits per heavy atom. The Kier molecular flexibility index (Phi) is 3.44. The van der Waals surface area contributed by atoms with Crippen LogP contribution in [-0.2, 0) is 0 Å². The predicted octanol–water partition coefficient (Wildman–Crippen LogP) is 3.62. The van der Waals surface area contributed by atoms with Crippen molar-refractivity contribution in [3.05, 3.63) is 36.2 Å². The third-order valence-corrected chi connectivity index (χ3v) is 3.20. The van der Waals surface area contributed by atoms with Gasteiger partial charge in [-0.1, -0.05) is 6.07 Å². The number of nitrogens with zero attached hydrogens (tertiary/aromatic N) is 3. The lowest BCUT2D eigenvalue weighted by Gasteiger charge is -2.21. The van der Waals surface area contributed by atoms with Gasteiger partial charge in [0.05, 0.1) is 17.4 Å². The Morgan fingerprint density at radius 1 is 1.14 bits per heavy atom. The van der Waals surface area contributed by atoms with E-state index in [0.717, 1.165) is 28.0 Å². The van der Waals surface area contributed by atoms with Crippen LogP contribution in [0.15, 0.2) is 30.6 Å². The molecule has 6 nitrogen and oxygen atoms in total. The van der Waals surface area contributed by atoms with Crippen molar-refractivity contribution < 1.29 is 0 Å². The largest absolute Gasteiger partial charge is 0.350 e. The SMILES string of the molecule is Cc1cnc(NC(C)(C)C)nc1Nc1cccc2[nH]ncc12. The first kappa shape index (κ1) is 14.3. The van der Waals surface area contributed by atoms with Crippen molar-refractivity contribution in [1.29, 1.82) is 0 Å². The quantitative estimate of drug-likeness (QED) is 0.688. The lowest BCUT2D eigenvalue weighted by atomic mass is 10.1. The van der Waals surface area contributed by atoms with Crippen molar-refractivity contribution in [2.45, 2.75) is 33.2 Å². The van der Waals surface area contributed by atoms with Gasteiger partial charge in [-0.25, -0.2) is 4.98 Å². The van der Waals surface area contributed by atoms with Gasteiger partial charge in [0.15, 0.2) is 0 Å². The molecule has 0 radical (unpaired) electrons. The van der Waals surface area contributed by atoms with Crippen LogP contribution < -0.4 is 10.6 Å². The number of aromatic amines is 1. The van der Waals surface area contributed by atoms with Gasteiger partial charge in [-0.3, -0.25) is 5.10 Å². The lowest BCUT2D eigenvalue weighted by Crippen LogP contribution is -2.27. The Morgan fingerprint density at radius 3 is 2.73 bits per heavy atom. The van der Waals surface area contributed by atoms with E-state index in [0.29, 0.717) is 5.95 Å². The summed E-state index contributed by atoms with van der Waals surface area (Å²) in [6.07, 6.45) is 3.63. The third-order valence-electron chi connectivity index (χ3n) is 3.20. The fourth-order valence-electron chi connectivity index (χ4n) is 2.17. The number of hydrogen-bond donors (Lipinski definition) is 3. The summed E-state index contributed by atoms with van der Waals surface area (Å²) in [6, 6.07) is 5.98. The summed E-state index contributed by atoms with van der Waals surface area (Å²) < 4.78 is 0. The normalized spacial score (nSPS) is 11.6. The van der Waals surface area contributed by atoms with Crippen molar-refractivity contribution >= 4 is 28.4 Å². The number of H-pyrrole nitrogens is 1. The second kappa shape index (κ2) is 5.29. The van der Waals surface area contributed by atoms with Crippen molar-refractivity contribution in [2.75, 3.05) is 10.6 Å². The maximum absolute atomic E-state index is 4.58. The monoisotopic (exact) mass is 296 g/mol. The molecular formula is C16H20N6. The van der Waals surface area contributed by atoms with E-state index in [-0.39, 0.29) is 5.54 Å². The van der Waals surface area contributed by atoms with Gasteiger partial charge in [0.2, 0.25) is 5.95 Å². The first-order valence-corrected chi connectivity index (χ1v) is 7.23. The molecule has 114 valence electrons. The Labute approximate surface area is 129 Å². The number of fused-ring (bicyclic) bond motifs is 1. The first-order valence-electron chi connectivity index (χ1n) is 7.23. The fourth-order valence-corrected chi connectivity index (χ4v) is 2.17. The molecule has 0 bridgehead atoms. The third kappa shape index (κ3) is 3.00. The number of rotatable bonds is 3. The molecule has 0 atom stereocenters. The Bertz CT molecular complexity index is 800. The van der Waals surface area contributed by atoms with Crippen molar-refractivity contribution in [3.63, 3.8) is 0 Å². The maximum atomic E-state index is 4.58. The van der Waals surface area contributed by atoms with Gasteiger partial charge in [-0.15, -0.1) is 0 Å². The van der Waals surface area contributed by atoms with Gasteiger partial charge in [-0.2, -0.15) is 10.1 Å². The molecule has 1 aromatic carbocycles. The predicted molar refractivity (Wildman–Crippen MR) is 89.5 cm³/mol. The second-order valence-corrected chi connectivity index (χ2v) is 6.36. The molecule has 0 aliphatic rings. The average Bonchev–Trinajstić information content (AvgIpc) is 2.90. The van der Waals surface area contributed by atoms with Crippen LogP contribution in [0.2, 0.25) is 0 Å². The van der Waals surface area contributed by atoms with Gasteiger partial charge in [0, 0.05) is 22.7 Å². The smallest absolute Gasteiger partial charge is 0.225 e. The highest BCUT2D eigenvalue weighted by Gasteiger charge is 2.13. The number of nitrogens with one attached hydrogen (secondary N) is 3. The number of hydrogen-bond acceptors (Lipinski definition) is 5. The Hall–Kier alpha value is -2.63. The highest BCUT2D eigenvalue weighted by molar-refractivity contribution is 5.92. The first-order chi connectivity index (χ1) is 10.4. The summed E-state index contributed by atoms with van der Waals surface area (Å²) in [4.78, 5) is 8.92. The van der Waals surface area contributed by atoms with Crippen LogP contribution in [0, 0.1) is 6.92 Å². The van der Waals surface area contributed by atoms with E-state index in [1.165, 1.54) is 0 Å². The molecule has 2 heterocycles. The number of benzene rings is 1. The molecule has 0 amide bonds. The number of aromatic nitrogens is 4. The molecule has 6 heteroatoms. The van der Waals surface area contributed by atoms with Gasteiger partial charge in [0.25, 0.3) is 0 Å². The molecule has 0 aliphatic carbocycles. The molecular weight excluding hydrogens is 276 g/mol. The van der Waals surface area contributed by atoms with Gasteiger partial charge < -0.3 is 10.6 Å². The van der Waals surface area contributed by atoms with Crippen LogP contribution >= 0.6 is 0 Å². The summed E-state index contributed by atoms with van der Waals surface area (Å²) >= 11 is 0. The zero-order valence-electron chi connectivity index (χ0n) is 13.2. The van der Waals surface area contributed by atoms with Gasteiger partial charge in [0.1, 0.15) is 5.82 Å². The van der Waals surface area contributed by atoms with Crippen LogP contribution in [0.1, 0.15) is 26.3 Å². The van der Waals surface area contributed by atoms with Crippen LogP contribution in [0.4, 0.5) is 17.5 Å². The molecule has 22 heavy (non-hydrogen) atoms. The van der Waals surface area contributed by atoms with E-state index in [1.807, 2.05) is 37.5 Å². The highest BCUT2D eigenvalue weighted by Crippen LogP contribution is 2.26. The summed E-state index contributed by atoms with van der Waals surface area (Å²) in [6.45, 7) is 8.22. The molecule has 0 saturated heterocycles. The molecule has 0 unspecified atom stereocenters. The number of anilines is 3. The van der Waals surface area contributed by atoms with Crippen LogP contribution in [0.25, 0.3) is 10.9 Å². The van der Waals surface area contributed by atoms with Crippen LogP contribution in [0.5, 0.6) is 0 Å². The summed E-state index contributed by atoms with van der Waals surface area (Å²) in [5.74, 6) is 1.40. The Balaban J connectivity index is 1.94. The van der Waals surface area contributed by atoms with E-state index in [4.69, 9.17) is 0 Å². The molecule has 0 fully saturated rings. The van der Waals surface area contributed by atoms with E-state index in [1.54, 1.807) is 0 Å². The average molecular weight is 296 g/mol. The molecule has 3 aromatic rings. The maximum Gasteiger partial charge on any atom is 0.225 e. The molecule has 3 N–H and O–H groups in total. The van der Waals surface area contributed by atoms with Gasteiger partial charge >= 0.3 is 0 Å². The molecule has 0 spiro atoms. The summed E-state index contributed by atoms with van der Waals surface area (Å²) in [7, 11) is 0. The van der Waals surface area contributed by atoms with Crippen molar-refractivity contribution in [1.82, 2.24) is 20.2 Å². The van der Waals surface area contributed by atoms with Crippen molar-refractivity contribution in [3.8, 4) is 0 Å². The second-order valence-electron chi connectivity index (χ2n) is 6.36. The minimum absolute atomic E-state index is 0.0862. The molecule has 0 aliphatic heterocycles. The van der Waals surface area contributed by atoms with E-state index >= 15 is 0 Å². The molecule has 2 aromatic heterocycles. The minimum Gasteiger partial charge on any atom is -0.350 e. The standard InChI is InChI=1S/C16H20N6/c1-10-8-17-15(21-16(2,3)4)20-14(10)19-12-6-5-7-13-11(12)9-18-22-13/h5-9H,1-4H3,(H,18,22)(H2,17,19,20,21). The highest BCUT2D eigenvalue weighted by atomic mass is 15.2. The zero-order valence-corrected chi connectivity index (χ0v) is 13.2. The minimum atomic E-state index is -0.0862. The van der Waals surface area contributed by atoms with E-state index in [9.17, 15) is 0 Å². The summed E-state index contributed by atoms with van der Waals surface area (Å²) in [5, 5.41) is 14.7. The van der Waals surface area contributed by atoms with Crippen LogP contribution in [0.3, 0.4) is 0 Å². The molecule has 0 saturated carbocycles. The number of aryl methyl sites for hydroxylation is 1. The summed E-state index contributed by atoms with van der Waals surface area (Å²) in [5.41, 5.74) is 2.86. The zero-order chi connectivity index (χ0) is 15.7. The molecule has 3 rings (SSSR count). The lowest BCUT2D eigenvalue weighted by molar-refractivity contribution is 0.626. The topological polar surface area (TPSA) is 78.5 Å². The van der Waals surface area contributed by atoms with Crippen LogP contribution in [-0.4, -0.2) is 25.7 Å². The van der Waals surface area contributed by atoms with E-state index in [2.05, 4.69) is 51.6 Å². The fraction of sp³-hybridized carbons (Fsp3) is 0.312. The van der Waals surface area contributed by atoms with Crippen molar-refractivity contribution in [2.24, 2.45) is 0 Å². The van der Waals surface area contributed by atoms with E-state index < -0.39 is 0 Å².